The lowest BCUT2D eigenvalue weighted by molar-refractivity contribution is 0.100. The minimum atomic E-state index is -0.487. The molecule has 0 radical (unpaired) electrons. The van der Waals surface area contributed by atoms with E-state index in [1.165, 1.54) is 12.1 Å². The normalized spacial score (nSPS) is 11.0. The van der Waals surface area contributed by atoms with E-state index in [1.54, 1.807) is 35.0 Å². The molecule has 0 aliphatic heterocycles. The summed E-state index contributed by atoms with van der Waals surface area (Å²) in [5, 5.41) is 7.94. The van der Waals surface area contributed by atoms with E-state index in [1.807, 2.05) is 66.9 Å². The maximum absolute atomic E-state index is 13.7. The first-order valence-corrected chi connectivity index (χ1v) is 11.9. The van der Waals surface area contributed by atoms with Gasteiger partial charge in [0.1, 0.15) is 11.5 Å². The van der Waals surface area contributed by atoms with Crippen LogP contribution in [-0.2, 0) is 0 Å². The summed E-state index contributed by atoms with van der Waals surface area (Å²) in [7, 11) is 0. The lowest BCUT2D eigenvalue weighted by Crippen LogP contribution is -2.12. The van der Waals surface area contributed by atoms with Crippen molar-refractivity contribution in [3.8, 4) is 33.6 Å². The molecular weight excluding hydrogens is 479 g/mol. The summed E-state index contributed by atoms with van der Waals surface area (Å²) in [6.45, 7) is 0. The molecule has 8 heteroatoms. The Balaban J connectivity index is 1.48. The van der Waals surface area contributed by atoms with Crippen molar-refractivity contribution in [2.75, 3.05) is 5.32 Å². The fourth-order valence-corrected chi connectivity index (χ4v) is 4.49. The van der Waals surface area contributed by atoms with Crippen molar-refractivity contribution in [3.63, 3.8) is 0 Å². The highest BCUT2D eigenvalue weighted by Crippen LogP contribution is 2.36. The van der Waals surface area contributed by atoms with E-state index in [0.29, 0.717) is 28.6 Å². The molecule has 184 valence electrons. The maximum Gasteiger partial charge on any atom is 0.249 e. The van der Waals surface area contributed by atoms with Gasteiger partial charge in [-0.2, -0.15) is 5.10 Å². The summed E-state index contributed by atoms with van der Waals surface area (Å²) in [5.74, 6) is -0.508. The molecule has 3 aromatic carbocycles. The zero-order chi connectivity index (χ0) is 26.1. The van der Waals surface area contributed by atoms with E-state index in [0.717, 1.165) is 27.8 Å². The summed E-state index contributed by atoms with van der Waals surface area (Å²) in [5.41, 5.74) is 12.1. The lowest BCUT2D eigenvalue weighted by atomic mass is 9.95. The number of primary amides is 1. The van der Waals surface area contributed by atoms with E-state index < -0.39 is 5.91 Å². The van der Waals surface area contributed by atoms with Crippen LogP contribution >= 0.6 is 0 Å². The molecule has 0 spiro atoms. The first-order chi connectivity index (χ1) is 18.6. The first-order valence-electron chi connectivity index (χ1n) is 11.9. The third kappa shape index (κ3) is 4.35. The van der Waals surface area contributed by atoms with Gasteiger partial charge in [0.25, 0.3) is 0 Å². The van der Waals surface area contributed by atoms with Crippen LogP contribution in [-0.4, -0.2) is 25.5 Å². The van der Waals surface area contributed by atoms with Crippen LogP contribution in [0.4, 0.5) is 16.0 Å². The summed E-state index contributed by atoms with van der Waals surface area (Å²) < 4.78 is 15.5. The highest BCUT2D eigenvalue weighted by Gasteiger charge is 2.19. The predicted octanol–water partition coefficient (Wildman–Crippen LogP) is 6.11. The van der Waals surface area contributed by atoms with Crippen molar-refractivity contribution in [2.45, 2.75) is 0 Å². The van der Waals surface area contributed by atoms with Gasteiger partial charge in [-0.25, -0.2) is 18.9 Å². The first kappa shape index (κ1) is 23.1. The van der Waals surface area contributed by atoms with Gasteiger partial charge in [0.2, 0.25) is 11.9 Å². The summed E-state index contributed by atoms with van der Waals surface area (Å²) in [6.07, 6.45) is 3.53. The van der Waals surface area contributed by atoms with Crippen LogP contribution in [0.25, 0.3) is 39.2 Å². The van der Waals surface area contributed by atoms with E-state index in [-0.39, 0.29) is 5.82 Å². The second kappa shape index (κ2) is 9.59. The SMILES string of the molecule is NC(=O)c1ccccc1-c1cccc(-c2nn3ccccc3c2-c2ccnc(Nc3cccc(F)c3)n2)c1. The van der Waals surface area contributed by atoms with Gasteiger partial charge in [-0.15, -0.1) is 0 Å². The van der Waals surface area contributed by atoms with Gasteiger partial charge in [-0.05, 0) is 59.7 Å². The Morgan fingerprint density at radius 3 is 2.55 bits per heavy atom. The van der Waals surface area contributed by atoms with E-state index in [2.05, 4.69) is 10.3 Å². The highest BCUT2D eigenvalue weighted by atomic mass is 19.1. The second-order valence-corrected chi connectivity index (χ2v) is 8.65. The fraction of sp³-hybridized carbons (Fsp3) is 0. The number of nitrogens with zero attached hydrogens (tertiary/aromatic N) is 4. The summed E-state index contributed by atoms with van der Waals surface area (Å²) in [4.78, 5) is 21.1. The number of benzene rings is 3. The molecule has 38 heavy (non-hydrogen) atoms. The summed E-state index contributed by atoms with van der Waals surface area (Å²) in [6, 6.07) is 28.8. The Hall–Kier alpha value is -5.37. The smallest absolute Gasteiger partial charge is 0.249 e. The zero-order valence-electron chi connectivity index (χ0n) is 20.0. The van der Waals surface area contributed by atoms with Crippen molar-refractivity contribution in [3.05, 3.63) is 121 Å². The standard InChI is InChI=1S/C30H21FN6O/c31-21-9-6-10-22(18-21)34-30-33-15-14-25(35-30)27-26-13-3-4-16-37(26)36-28(27)20-8-5-7-19(17-20)23-11-1-2-12-24(23)29(32)38/h1-18H,(H2,32,38)(H,33,34,35). The number of carbonyl (C=O) groups excluding carboxylic acids is 1. The number of hydrogen-bond donors (Lipinski definition) is 2. The van der Waals surface area contributed by atoms with Gasteiger partial charge in [0, 0.05) is 29.2 Å². The topological polar surface area (TPSA) is 98.2 Å². The minimum Gasteiger partial charge on any atom is -0.366 e. The van der Waals surface area contributed by atoms with E-state index in [9.17, 15) is 9.18 Å². The monoisotopic (exact) mass is 500 g/mol. The molecule has 3 N–H and O–H groups in total. The zero-order valence-corrected chi connectivity index (χ0v) is 20.0. The number of nitrogens with two attached hydrogens (primary N) is 1. The number of carbonyl (C=O) groups is 1. The number of nitrogens with one attached hydrogen (secondary N) is 1. The number of pyridine rings is 1. The molecule has 6 aromatic rings. The quantitative estimate of drug-likeness (QED) is 0.288. The second-order valence-electron chi connectivity index (χ2n) is 8.65. The average Bonchev–Trinajstić information content (AvgIpc) is 3.33. The molecule has 3 heterocycles. The molecule has 0 aliphatic rings. The molecule has 1 amide bonds. The largest absolute Gasteiger partial charge is 0.366 e. The maximum atomic E-state index is 13.7. The Bertz CT molecular complexity index is 1810. The molecular formula is C30H21FN6O. The number of anilines is 2. The molecule has 7 nitrogen and oxygen atoms in total. The van der Waals surface area contributed by atoms with E-state index in [4.69, 9.17) is 15.8 Å². The van der Waals surface area contributed by atoms with Crippen LogP contribution in [0.2, 0.25) is 0 Å². The Morgan fingerprint density at radius 1 is 0.868 bits per heavy atom. The van der Waals surface area contributed by atoms with Gasteiger partial charge in [0.05, 0.1) is 16.8 Å². The van der Waals surface area contributed by atoms with Crippen molar-refractivity contribution >= 4 is 23.1 Å². The Kier molecular flexibility index (Phi) is 5.82. The molecule has 0 saturated carbocycles. The Labute approximate surface area is 217 Å². The number of hydrogen-bond acceptors (Lipinski definition) is 5. The van der Waals surface area contributed by atoms with Crippen LogP contribution in [0.5, 0.6) is 0 Å². The molecule has 0 aliphatic carbocycles. The predicted molar refractivity (Wildman–Crippen MR) is 145 cm³/mol. The average molecular weight is 501 g/mol. The van der Waals surface area contributed by atoms with Gasteiger partial charge in [0.15, 0.2) is 0 Å². The van der Waals surface area contributed by atoms with Crippen LogP contribution in [0.15, 0.2) is 109 Å². The molecule has 0 saturated heterocycles. The Morgan fingerprint density at radius 2 is 1.68 bits per heavy atom. The van der Waals surface area contributed by atoms with Gasteiger partial charge >= 0.3 is 0 Å². The lowest BCUT2D eigenvalue weighted by Gasteiger charge is -2.10. The molecule has 0 unspecified atom stereocenters. The van der Waals surface area contributed by atoms with Gasteiger partial charge in [-0.3, -0.25) is 4.79 Å². The van der Waals surface area contributed by atoms with E-state index >= 15 is 0 Å². The van der Waals surface area contributed by atoms with Crippen molar-refractivity contribution in [1.29, 1.82) is 0 Å². The van der Waals surface area contributed by atoms with Gasteiger partial charge < -0.3 is 11.1 Å². The van der Waals surface area contributed by atoms with Crippen molar-refractivity contribution in [1.82, 2.24) is 19.6 Å². The molecule has 0 atom stereocenters. The molecule has 0 fully saturated rings. The molecule has 3 aromatic heterocycles. The van der Waals surface area contributed by atoms with Crippen molar-refractivity contribution < 1.29 is 9.18 Å². The number of amides is 1. The van der Waals surface area contributed by atoms with Crippen molar-refractivity contribution in [2.24, 2.45) is 5.73 Å². The number of halogens is 1. The highest BCUT2D eigenvalue weighted by molar-refractivity contribution is 6.00. The third-order valence-corrected chi connectivity index (χ3v) is 6.17. The summed E-state index contributed by atoms with van der Waals surface area (Å²) >= 11 is 0. The minimum absolute atomic E-state index is 0.332. The number of rotatable bonds is 6. The molecule has 0 bridgehead atoms. The number of aromatic nitrogens is 4. The number of fused-ring (bicyclic) bond motifs is 1. The fourth-order valence-electron chi connectivity index (χ4n) is 4.49. The van der Waals surface area contributed by atoms with Crippen LogP contribution in [0, 0.1) is 5.82 Å². The third-order valence-electron chi connectivity index (χ3n) is 6.17. The van der Waals surface area contributed by atoms with Crippen LogP contribution in [0.3, 0.4) is 0 Å². The molecule has 6 rings (SSSR count). The van der Waals surface area contributed by atoms with Gasteiger partial charge in [-0.1, -0.05) is 48.5 Å². The van der Waals surface area contributed by atoms with Crippen LogP contribution in [0.1, 0.15) is 10.4 Å². The van der Waals surface area contributed by atoms with Crippen LogP contribution < -0.4 is 11.1 Å².